The molecule has 1 atom stereocenters. The topological polar surface area (TPSA) is 62.1 Å². The fourth-order valence-corrected chi connectivity index (χ4v) is 2.82. The molecule has 1 aliphatic heterocycles. The second-order valence-corrected chi connectivity index (χ2v) is 5.31. The Morgan fingerprint density at radius 1 is 1.58 bits per heavy atom. The van der Waals surface area contributed by atoms with Gasteiger partial charge in [0.05, 0.1) is 7.11 Å². The fraction of sp³-hybridized carbons (Fsp3) is 0.385. The zero-order chi connectivity index (χ0) is 14.0. The zero-order valence-corrected chi connectivity index (χ0v) is 11.9. The van der Waals surface area contributed by atoms with Crippen LogP contribution in [0.5, 0.6) is 5.75 Å². The van der Waals surface area contributed by atoms with Gasteiger partial charge in [-0.15, -0.1) is 11.8 Å². The van der Waals surface area contributed by atoms with Crippen LogP contribution in [-0.4, -0.2) is 47.1 Å². The van der Waals surface area contributed by atoms with E-state index < -0.39 is 6.04 Å². The molecule has 5 nitrogen and oxygen atoms in total. The summed E-state index contributed by atoms with van der Waals surface area (Å²) in [6, 6.07) is 4.89. The molecule has 1 aromatic carbocycles. The van der Waals surface area contributed by atoms with Crippen molar-refractivity contribution >= 4 is 22.7 Å². The highest BCUT2D eigenvalue weighted by Crippen LogP contribution is 2.29. The lowest BCUT2D eigenvalue weighted by molar-refractivity contribution is -0.169. The standard InChI is InChI=1S/C13H16N2O3S/c1-8-4-5-11(16)9(6-8)12-14-10(7-19-12)13(17)15(2)18-3/h4-6,10,16H,7H2,1-3H3/t10-/m0/s1. The van der Waals surface area contributed by atoms with Crippen molar-refractivity contribution in [1.29, 1.82) is 0 Å². The molecular weight excluding hydrogens is 264 g/mol. The third-order valence-corrected chi connectivity index (χ3v) is 3.98. The van der Waals surface area contributed by atoms with Gasteiger partial charge in [-0.25, -0.2) is 5.06 Å². The lowest BCUT2D eigenvalue weighted by Gasteiger charge is -2.15. The molecule has 102 valence electrons. The first-order chi connectivity index (χ1) is 9.02. The molecule has 6 heteroatoms. The molecule has 0 fully saturated rings. The highest BCUT2D eigenvalue weighted by molar-refractivity contribution is 8.14. The molecule has 0 aromatic heterocycles. The number of carbonyl (C=O) groups is 1. The highest BCUT2D eigenvalue weighted by Gasteiger charge is 2.29. The van der Waals surface area contributed by atoms with E-state index >= 15 is 0 Å². The van der Waals surface area contributed by atoms with E-state index in [1.54, 1.807) is 13.1 Å². The maximum absolute atomic E-state index is 11.9. The summed E-state index contributed by atoms with van der Waals surface area (Å²) >= 11 is 1.47. The van der Waals surface area contributed by atoms with Crippen molar-refractivity contribution in [1.82, 2.24) is 5.06 Å². The number of nitrogens with zero attached hydrogens (tertiary/aromatic N) is 2. The van der Waals surface area contributed by atoms with Gasteiger partial charge in [0.15, 0.2) is 0 Å². The minimum atomic E-state index is -0.454. The van der Waals surface area contributed by atoms with Crippen molar-refractivity contribution in [2.24, 2.45) is 4.99 Å². The first-order valence-corrected chi connectivity index (χ1v) is 6.83. The Bertz CT molecular complexity index is 531. The van der Waals surface area contributed by atoms with Crippen LogP contribution in [0.1, 0.15) is 11.1 Å². The molecule has 1 N–H and O–H groups in total. The Morgan fingerprint density at radius 3 is 3.00 bits per heavy atom. The van der Waals surface area contributed by atoms with E-state index in [0.717, 1.165) is 5.56 Å². The lowest BCUT2D eigenvalue weighted by atomic mass is 10.1. The van der Waals surface area contributed by atoms with Gasteiger partial charge >= 0.3 is 0 Å². The van der Waals surface area contributed by atoms with Crippen LogP contribution >= 0.6 is 11.8 Å². The van der Waals surface area contributed by atoms with E-state index in [0.29, 0.717) is 16.4 Å². The van der Waals surface area contributed by atoms with Gasteiger partial charge in [0, 0.05) is 18.4 Å². The Hall–Kier alpha value is -1.53. The summed E-state index contributed by atoms with van der Waals surface area (Å²) in [5.41, 5.74) is 1.72. The Morgan fingerprint density at radius 2 is 2.32 bits per heavy atom. The minimum Gasteiger partial charge on any atom is -0.507 e. The predicted molar refractivity (Wildman–Crippen MR) is 75.4 cm³/mol. The van der Waals surface area contributed by atoms with Gasteiger partial charge in [-0.3, -0.25) is 14.6 Å². The highest BCUT2D eigenvalue weighted by atomic mass is 32.2. The van der Waals surface area contributed by atoms with Crippen molar-refractivity contribution in [2.45, 2.75) is 13.0 Å². The van der Waals surface area contributed by atoms with Crippen LogP contribution < -0.4 is 0 Å². The smallest absolute Gasteiger partial charge is 0.271 e. The molecule has 2 rings (SSSR count). The molecule has 0 spiro atoms. The SMILES string of the molecule is CON(C)C(=O)[C@@H]1CSC(c2cc(C)ccc2O)=N1. The second-order valence-electron chi connectivity index (χ2n) is 4.30. The van der Waals surface area contributed by atoms with Crippen LogP contribution in [0.4, 0.5) is 0 Å². The van der Waals surface area contributed by atoms with Gasteiger partial charge in [-0.05, 0) is 19.1 Å². The average molecular weight is 280 g/mol. The van der Waals surface area contributed by atoms with Crippen LogP contribution in [0.2, 0.25) is 0 Å². The maximum atomic E-state index is 11.9. The van der Waals surface area contributed by atoms with E-state index in [-0.39, 0.29) is 11.7 Å². The van der Waals surface area contributed by atoms with Crippen LogP contribution in [0.15, 0.2) is 23.2 Å². The number of aliphatic imine (C=N–C) groups is 1. The predicted octanol–water partition coefficient (Wildman–Crippen LogP) is 1.58. The average Bonchev–Trinajstić information content (AvgIpc) is 2.89. The number of phenolic OH excluding ortho intramolecular Hbond substituents is 1. The zero-order valence-electron chi connectivity index (χ0n) is 11.1. The molecule has 1 heterocycles. The van der Waals surface area contributed by atoms with Crippen LogP contribution in [0, 0.1) is 6.92 Å². The molecule has 19 heavy (non-hydrogen) atoms. The monoisotopic (exact) mass is 280 g/mol. The van der Waals surface area contributed by atoms with Crippen molar-refractivity contribution < 1.29 is 14.7 Å². The van der Waals surface area contributed by atoms with Crippen LogP contribution in [0.3, 0.4) is 0 Å². The summed E-state index contributed by atoms with van der Waals surface area (Å²) in [6.45, 7) is 1.95. The summed E-state index contributed by atoms with van der Waals surface area (Å²) in [6.07, 6.45) is 0. The molecule has 0 saturated carbocycles. The number of thioether (sulfide) groups is 1. The lowest BCUT2D eigenvalue weighted by Crippen LogP contribution is -2.34. The van der Waals surface area contributed by atoms with Crippen molar-refractivity contribution in [2.75, 3.05) is 19.9 Å². The first-order valence-electron chi connectivity index (χ1n) is 5.85. The van der Waals surface area contributed by atoms with Gasteiger partial charge in [0.25, 0.3) is 5.91 Å². The number of amides is 1. The largest absolute Gasteiger partial charge is 0.507 e. The normalized spacial score (nSPS) is 18.3. The van der Waals surface area contributed by atoms with Gasteiger partial charge in [0.2, 0.25) is 0 Å². The number of phenols is 1. The number of hydrogen-bond acceptors (Lipinski definition) is 5. The van der Waals surface area contributed by atoms with Gasteiger partial charge in [0.1, 0.15) is 16.8 Å². The molecule has 0 saturated heterocycles. The molecule has 1 amide bonds. The summed E-state index contributed by atoms with van der Waals surface area (Å²) in [4.78, 5) is 21.2. The molecule has 1 aliphatic rings. The molecule has 0 bridgehead atoms. The maximum Gasteiger partial charge on any atom is 0.271 e. The number of hydroxylamine groups is 2. The molecule has 0 aliphatic carbocycles. The minimum absolute atomic E-state index is 0.183. The van der Waals surface area contributed by atoms with Crippen molar-refractivity contribution in [3.05, 3.63) is 29.3 Å². The molecule has 0 unspecified atom stereocenters. The number of rotatable bonds is 3. The van der Waals surface area contributed by atoms with Crippen molar-refractivity contribution in [3.63, 3.8) is 0 Å². The summed E-state index contributed by atoms with van der Waals surface area (Å²) in [5.74, 6) is 0.567. The summed E-state index contributed by atoms with van der Waals surface area (Å²) < 4.78 is 0. The molecule has 0 radical (unpaired) electrons. The fourth-order valence-electron chi connectivity index (χ4n) is 1.77. The van der Waals surface area contributed by atoms with E-state index in [1.807, 2.05) is 19.1 Å². The number of hydrogen-bond donors (Lipinski definition) is 1. The number of benzene rings is 1. The molecule has 1 aromatic rings. The quantitative estimate of drug-likeness (QED) is 0.854. The van der Waals surface area contributed by atoms with E-state index in [2.05, 4.69) is 4.99 Å². The van der Waals surface area contributed by atoms with Crippen molar-refractivity contribution in [3.8, 4) is 5.75 Å². The number of aromatic hydroxyl groups is 1. The van der Waals surface area contributed by atoms with Crippen LogP contribution in [0.25, 0.3) is 0 Å². The van der Waals surface area contributed by atoms with Crippen LogP contribution in [-0.2, 0) is 9.63 Å². The third-order valence-electron chi connectivity index (χ3n) is 2.90. The number of aryl methyl sites for hydroxylation is 1. The number of likely N-dealkylation sites (N-methyl/N-ethyl adjacent to an activating group) is 1. The Labute approximate surface area is 116 Å². The third kappa shape index (κ3) is 2.90. The van der Waals surface area contributed by atoms with Gasteiger partial charge in [-0.1, -0.05) is 11.6 Å². The molecular formula is C13H16N2O3S. The Kier molecular flexibility index (Phi) is 4.11. The van der Waals surface area contributed by atoms with E-state index in [9.17, 15) is 9.90 Å². The first kappa shape index (κ1) is 13.9. The second kappa shape index (κ2) is 5.63. The van der Waals surface area contributed by atoms with E-state index in [1.165, 1.54) is 23.9 Å². The number of carbonyl (C=O) groups excluding carboxylic acids is 1. The summed E-state index contributed by atoms with van der Waals surface area (Å²) in [7, 11) is 3.00. The van der Waals surface area contributed by atoms with E-state index in [4.69, 9.17) is 4.84 Å². The van der Waals surface area contributed by atoms with Gasteiger partial charge < -0.3 is 5.11 Å². The van der Waals surface area contributed by atoms with Gasteiger partial charge in [-0.2, -0.15) is 0 Å². The summed E-state index contributed by atoms with van der Waals surface area (Å²) in [5, 5.41) is 11.7. The Balaban J connectivity index is 2.23.